The van der Waals surface area contributed by atoms with E-state index in [1.807, 2.05) is 25.1 Å². The molecule has 0 bridgehead atoms. The first-order valence-electron chi connectivity index (χ1n) is 4.70. The quantitative estimate of drug-likeness (QED) is 0.733. The minimum Gasteiger partial charge on any atom is -0.396 e. The van der Waals surface area contributed by atoms with E-state index in [2.05, 4.69) is 10.3 Å². The Hall–Kier alpha value is -1.80. The lowest BCUT2D eigenvalue weighted by atomic mass is 10.2. The number of nitrogens with one attached hydrogen (secondary N) is 1. The van der Waals surface area contributed by atoms with Crippen LogP contribution in [0.2, 0.25) is 0 Å². The molecule has 0 unspecified atom stereocenters. The summed E-state index contributed by atoms with van der Waals surface area (Å²) in [6, 6.07) is 3.64. The van der Waals surface area contributed by atoms with Crippen LogP contribution in [-0.2, 0) is 0 Å². The SMILES string of the molecule is CNCCN(C)c1ncc(C#N)cc1N. The molecule has 5 nitrogen and oxygen atoms in total. The summed E-state index contributed by atoms with van der Waals surface area (Å²) in [7, 11) is 3.81. The van der Waals surface area contributed by atoms with Gasteiger partial charge in [0.25, 0.3) is 0 Å². The van der Waals surface area contributed by atoms with Gasteiger partial charge < -0.3 is 16.0 Å². The van der Waals surface area contributed by atoms with Crippen LogP contribution in [-0.4, -0.2) is 32.2 Å². The van der Waals surface area contributed by atoms with Crippen LogP contribution in [0.5, 0.6) is 0 Å². The molecule has 0 saturated heterocycles. The Morgan fingerprint density at radius 2 is 2.40 bits per heavy atom. The molecule has 5 heteroatoms. The average molecular weight is 205 g/mol. The third-order valence-electron chi connectivity index (χ3n) is 2.08. The zero-order valence-electron chi connectivity index (χ0n) is 8.99. The van der Waals surface area contributed by atoms with Gasteiger partial charge in [0.05, 0.1) is 11.3 Å². The summed E-state index contributed by atoms with van der Waals surface area (Å²) >= 11 is 0. The normalized spacial score (nSPS) is 9.67. The lowest BCUT2D eigenvalue weighted by molar-refractivity contribution is 0.762. The van der Waals surface area contributed by atoms with Crippen molar-refractivity contribution in [2.24, 2.45) is 0 Å². The third kappa shape index (κ3) is 2.82. The van der Waals surface area contributed by atoms with E-state index in [-0.39, 0.29) is 0 Å². The highest BCUT2D eigenvalue weighted by Crippen LogP contribution is 2.18. The fourth-order valence-corrected chi connectivity index (χ4v) is 1.24. The zero-order chi connectivity index (χ0) is 11.3. The molecular formula is C10H15N5. The fourth-order valence-electron chi connectivity index (χ4n) is 1.24. The van der Waals surface area contributed by atoms with Gasteiger partial charge in [-0.05, 0) is 13.1 Å². The van der Waals surface area contributed by atoms with Crippen LogP contribution in [0.4, 0.5) is 11.5 Å². The van der Waals surface area contributed by atoms with Crippen molar-refractivity contribution in [3.8, 4) is 6.07 Å². The second-order valence-corrected chi connectivity index (χ2v) is 3.27. The molecule has 0 saturated carbocycles. The maximum atomic E-state index is 8.66. The zero-order valence-corrected chi connectivity index (χ0v) is 8.99. The molecular weight excluding hydrogens is 190 g/mol. The number of pyridine rings is 1. The van der Waals surface area contributed by atoms with Gasteiger partial charge in [0.1, 0.15) is 6.07 Å². The van der Waals surface area contributed by atoms with E-state index in [1.54, 1.807) is 6.07 Å². The van der Waals surface area contributed by atoms with Crippen molar-refractivity contribution in [2.75, 3.05) is 37.8 Å². The van der Waals surface area contributed by atoms with E-state index in [0.717, 1.165) is 13.1 Å². The summed E-state index contributed by atoms with van der Waals surface area (Å²) in [5.74, 6) is 0.712. The highest BCUT2D eigenvalue weighted by Gasteiger charge is 2.06. The first-order valence-corrected chi connectivity index (χ1v) is 4.70. The van der Waals surface area contributed by atoms with Gasteiger partial charge in [0, 0.05) is 26.3 Å². The summed E-state index contributed by atoms with van der Waals surface area (Å²) < 4.78 is 0. The first-order chi connectivity index (χ1) is 7.19. The topological polar surface area (TPSA) is 78.0 Å². The Morgan fingerprint density at radius 3 is 2.93 bits per heavy atom. The Balaban J connectivity index is 2.82. The molecule has 0 fully saturated rings. The number of rotatable bonds is 4. The van der Waals surface area contributed by atoms with Gasteiger partial charge in [0.15, 0.2) is 5.82 Å². The smallest absolute Gasteiger partial charge is 0.151 e. The number of nitrogen functional groups attached to an aromatic ring is 1. The standard InChI is InChI=1S/C10H15N5/c1-13-3-4-15(2)10-9(12)5-8(6-11)7-14-10/h5,7,13H,3-4,12H2,1-2H3. The van der Waals surface area contributed by atoms with E-state index in [4.69, 9.17) is 11.0 Å². The fraction of sp³-hybridized carbons (Fsp3) is 0.400. The molecule has 0 radical (unpaired) electrons. The molecule has 0 aliphatic carbocycles. The lowest BCUT2D eigenvalue weighted by Gasteiger charge is -2.19. The summed E-state index contributed by atoms with van der Waals surface area (Å²) in [4.78, 5) is 6.10. The predicted molar refractivity (Wildman–Crippen MR) is 60.6 cm³/mol. The molecule has 0 atom stereocenters. The number of aromatic nitrogens is 1. The monoisotopic (exact) mass is 205 g/mol. The van der Waals surface area contributed by atoms with Crippen LogP contribution in [0.15, 0.2) is 12.3 Å². The van der Waals surface area contributed by atoms with Crippen molar-refractivity contribution >= 4 is 11.5 Å². The minimum absolute atomic E-state index is 0.485. The molecule has 0 aromatic carbocycles. The van der Waals surface area contributed by atoms with Crippen molar-refractivity contribution in [3.63, 3.8) is 0 Å². The molecule has 80 valence electrons. The van der Waals surface area contributed by atoms with Crippen LogP contribution in [0, 0.1) is 11.3 Å². The van der Waals surface area contributed by atoms with Crippen molar-refractivity contribution in [3.05, 3.63) is 17.8 Å². The van der Waals surface area contributed by atoms with E-state index in [9.17, 15) is 0 Å². The molecule has 1 aromatic rings. The number of anilines is 2. The van der Waals surface area contributed by atoms with Crippen molar-refractivity contribution in [1.29, 1.82) is 5.26 Å². The van der Waals surface area contributed by atoms with Gasteiger partial charge in [-0.15, -0.1) is 0 Å². The maximum Gasteiger partial charge on any atom is 0.151 e. The van der Waals surface area contributed by atoms with Gasteiger partial charge in [-0.2, -0.15) is 5.26 Å². The summed E-state index contributed by atoms with van der Waals surface area (Å²) in [5.41, 5.74) is 6.81. The number of nitrogens with zero attached hydrogens (tertiary/aromatic N) is 3. The molecule has 0 spiro atoms. The molecule has 1 rings (SSSR count). The lowest BCUT2D eigenvalue weighted by Crippen LogP contribution is -2.28. The van der Waals surface area contributed by atoms with Crippen molar-refractivity contribution in [2.45, 2.75) is 0 Å². The van der Waals surface area contributed by atoms with E-state index >= 15 is 0 Å². The number of likely N-dealkylation sites (N-methyl/N-ethyl adjacent to an activating group) is 2. The summed E-state index contributed by atoms with van der Waals surface area (Å²) in [6.07, 6.45) is 1.53. The number of nitrogens with two attached hydrogens (primary N) is 1. The molecule has 15 heavy (non-hydrogen) atoms. The number of hydrogen-bond acceptors (Lipinski definition) is 5. The van der Waals surface area contributed by atoms with Crippen LogP contribution in [0.1, 0.15) is 5.56 Å². The van der Waals surface area contributed by atoms with Gasteiger partial charge in [-0.1, -0.05) is 0 Å². The largest absolute Gasteiger partial charge is 0.396 e. The number of hydrogen-bond donors (Lipinski definition) is 2. The predicted octanol–water partition coefficient (Wildman–Crippen LogP) is 0.191. The molecule has 3 N–H and O–H groups in total. The van der Waals surface area contributed by atoms with Gasteiger partial charge in [-0.3, -0.25) is 0 Å². The van der Waals surface area contributed by atoms with E-state index < -0.39 is 0 Å². The van der Waals surface area contributed by atoms with Crippen LogP contribution in [0.3, 0.4) is 0 Å². The number of nitriles is 1. The Bertz CT molecular complexity index is 369. The Kier molecular flexibility index (Phi) is 3.89. The van der Waals surface area contributed by atoms with Crippen molar-refractivity contribution in [1.82, 2.24) is 10.3 Å². The van der Waals surface area contributed by atoms with E-state index in [1.165, 1.54) is 6.20 Å². The average Bonchev–Trinajstić information content (AvgIpc) is 2.25. The maximum absolute atomic E-state index is 8.66. The first kappa shape index (κ1) is 11.3. The summed E-state index contributed by atoms with van der Waals surface area (Å²) in [5, 5.41) is 11.7. The second kappa shape index (κ2) is 5.17. The van der Waals surface area contributed by atoms with Crippen LogP contribution >= 0.6 is 0 Å². The van der Waals surface area contributed by atoms with Gasteiger partial charge in [-0.25, -0.2) is 4.98 Å². The summed E-state index contributed by atoms with van der Waals surface area (Å²) in [6.45, 7) is 1.68. The molecule has 0 aliphatic heterocycles. The third-order valence-corrected chi connectivity index (χ3v) is 2.08. The molecule has 1 heterocycles. The van der Waals surface area contributed by atoms with Gasteiger partial charge in [0.2, 0.25) is 0 Å². The Morgan fingerprint density at radius 1 is 1.67 bits per heavy atom. The minimum atomic E-state index is 0.485. The Labute approximate surface area is 89.5 Å². The van der Waals surface area contributed by atoms with Gasteiger partial charge >= 0.3 is 0 Å². The van der Waals surface area contributed by atoms with Crippen LogP contribution < -0.4 is 16.0 Å². The van der Waals surface area contributed by atoms with Crippen LogP contribution in [0.25, 0.3) is 0 Å². The molecule has 0 aliphatic rings. The highest BCUT2D eigenvalue weighted by molar-refractivity contribution is 5.64. The molecule has 1 aromatic heterocycles. The molecule has 0 amide bonds. The van der Waals surface area contributed by atoms with E-state index in [0.29, 0.717) is 17.1 Å². The highest BCUT2D eigenvalue weighted by atomic mass is 15.2. The second-order valence-electron chi connectivity index (χ2n) is 3.27. The van der Waals surface area contributed by atoms with Crippen molar-refractivity contribution < 1.29 is 0 Å².